The summed E-state index contributed by atoms with van der Waals surface area (Å²) in [5.41, 5.74) is 1.03. The molecule has 1 aromatic heterocycles. The standard InChI is InChI=1S/C14H15NO3/c1-18-12-6-5-11-9-15-8-10(13(11)7-12)3-2-4-14(16)17/h5-9H,2-4H2,1H3,(H,16,17)/p-1. The Morgan fingerprint density at radius 3 is 2.94 bits per heavy atom. The zero-order chi connectivity index (χ0) is 13.0. The van der Waals surface area contributed by atoms with Crippen LogP contribution in [0.3, 0.4) is 0 Å². The van der Waals surface area contributed by atoms with Gasteiger partial charge in [-0.3, -0.25) is 4.98 Å². The van der Waals surface area contributed by atoms with E-state index in [1.54, 1.807) is 19.5 Å². The Bertz CT molecular complexity index is 566. The monoisotopic (exact) mass is 244 g/mol. The molecule has 0 radical (unpaired) electrons. The van der Waals surface area contributed by atoms with Crippen molar-refractivity contribution < 1.29 is 14.6 Å². The van der Waals surface area contributed by atoms with E-state index in [9.17, 15) is 9.90 Å². The van der Waals surface area contributed by atoms with E-state index < -0.39 is 5.97 Å². The van der Waals surface area contributed by atoms with E-state index in [1.165, 1.54) is 0 Å². The maximum atomic E-state index is 10.4. The van der Waals surface area contributed by atoms with Crippen molar-refractivity contribution in [2.45, 2.75) is 19.3 Å². The molecule has 0 amide bonds. The summed E-state index contributed by atoms with van der Waals surface area (Å²) in [5.74, 6) is -0.226. The molecule has 0 fully saturated rings. The Morgan fingerprint density at radius 1 is 1.39 bits per heavy atom. The van der Waals surface area contributed by atoms with Crippen molar-refractivity contribution in [1.29, 1.82) is 0 Å². The van der Waals surface area contributed by atoms with Gasteiger partial charge in [0.25, 0.3) is 0 Å². The van der Waals surface area contributed by atoms with E-state index in [0.717, 1.165) is 22.1 Å². The Kier molecular flexibility index (Phi) is 3.77. The first-order valence-electron chi connectivity index (χ1n) is 5.81. The molecule has 0 bridgehead atoms. The Balaban J connectivity index is 2.28. The highest BCUT2D eigenvalue weighted by Gasteiger charge is 2.03. The van der Waals surface area contributed by atoms with Crippen molar-refractivity contribution >= 4 is 16.7 Å². The molecule has 0 atom stereocenters. The second-order valence-electron chi connectivity index (χ2n) is 4.11. The summed E-state index contributed by atoms with van der Waals surface area (Å²) in [7, 11) is 1.62. The number of ether oxygens (including phenoxy) is 1. The van der Waals surface area contributed by atoms with Crippen LogP contribution in [-0.4, -0.2) is 18.1 Å². The number of methoxy groups -OCH3 is 1. The minimum absolute atomic E-state index is 0.0698. The lowest BCUT2D eigenvalue weighted by molar-refractivity contribution is -0.305. The van der Waals surface area contributed by atoms with Crippen molar-refractivity contribution in [2.24, 2.45) is 0 Å². The molecule has 0 aliphatic carbocycles. The van der Waals surface area contributed by atoms with Crippen LogP contribution in [0.25, 0.3) is 10.8 Å². The third-order valence-corrected chi connectivity index (χ3v) is 2.88. The first-order chi connectivity index (χ1) is 8.70. The number of fused-ring (bicyclic) bond motifs is 1. The SMILES string of the molecule is COc1ccc2cncc(CCCC(=O)[O-])c2c1. The molecular weight excluding hydrogens is 230 g/mol. The largest absolute Gasteiger partial charge is 0.550 e. The minimum atomic E-state index is -1.01. The molecule has 0 saturated carbocycles. The molecule has 0 aliphatic heterocycles. The van der Waals surface area contributed by atoms with Crippen molar-refractivity contribution in [2.75, 3.05) is 7.11 Å². The van der Waals surface area contributed by atoms with Crippen LogP contribution in [0, 0.1) is 0 Å². The topological polar surface area (TPSA) is 62.2 Å². The van der Waals surface area contributed by atoms with Gasteiger partial charge in [0.05, 0.1) is 7.11 Å². The molecule has 0 spiro atoms. The number of carboxylic acids is 1. The molecule has 4 nitrogen and oxygen atoms in total. The van der Waals surface area contributed by atoms with Crippen molar-refractivity contribution in [1.82, 2.24) is 4.98 Å². The molecule has 1 aromatic carbocycles. The summed E-state index contributed by atoms with van der Waals surface area (Å²) in [4.78, 5) is 14.6. The number of pyridine rings is 1. The lowest BCUT2D eigenvalue weighted by Gasteiger charge is -2.08. The van der Waals surface area contributed by atoms with Crippen LogP contribution >= 0.6 is 0 Å². The third kappa shape index (κ3) is 2.77. The zero-order valence-electron chi connectivity index (χ0n) is 10.2. The summed E-state index contributed by atoms with van der Waals surface area (Å²) < 4.78 is 5.20. The van der Waals surface area contributed by atoms with Gasteiger partial charge in [0.2, 0.25) is 0 Å². The Morgan fingerprint density at radius 2 is 2.22 bits per heavy atom. The minimum Gasteiger partial charge on any atom is -0.550 e. The predicted octanol–water partition coefficient (Wildman–Crippen LogP) is 1.32. The number of aliphatic carboxylic acids is 1. The summed E-state index contributed by atoms with van der Waals surface area (Å²) in [6.45, 7) is 0. The third-order valence-electron chi connectivity index (χ3n) is 2.88. The fourth-order valence-electron chi connectivity index (χ4n) is 1.95. The number of carbonyl (C=O) groups is 1. The van der Waals surface area contributed by atoms with Crippen molar-refractivity contribution in [3.05, 3.63) is 36.2 Å². The first-order valence-corrected chi connectivity index (χ1v) is 5.81. The van der Waals surface area contributed by atoms with Gasteiger partial charge in [-0.15, -0.1) is 0 Å². The molecule has 0 aliphatic rings. The number of nitrogens with zero attached hydrogens (tertiary/aromatic N) is 1. The number of hydrogen-bond acceptors (Lipinski definition) is 4. The van der Waals surface area contributed by atoms with Gasteiger partial charge in [-0.25, -0.2) is 0 Å². The molecule has 0 unspecified atom stereocenters. The van der Waals surface area contributed by atoms with Crippen molar-refractivity contribution in [3.8, 4) is 5.75 Å². The Labute approximate surface area is 105 Å². The highest BCUT2D eigenvalue weighted by atomic mass is 16.5. The number of benzene rings is 1. The quantitative estimate of drug-likeness (QED) is 0.795. The number of aromatic nitrogens is 1. The fourth-order valence-corrected chi connectivity index (χ4v) is 1.95. The van der Waals surface area contributed by atoms with E-state index in [1.807, 2.05) is 18.2 Å². The summed E-state index contributed by atoms with van der Waals surface area (Å²) in [5, 5.41) is 12.5. The van der Waals surface area contributed by atoms with Gasteiger partial charge in [0, 0.05) is 23.7 Å². The number of rotatable bonds is 5. The van der Waals surface area contributed by atoms with Gasteiger partial charge in [-0.1, -0.05) is 0 Å². The highest BCUT2D eigenvalue weighted by molar-refractivity contribution is 5.86. The maximum Gasteiger partial charge on any atom is 0.119 e. The van der Waals surface area contributed by atoms with Gasteiger partial charge in [0.15, 0.2) is 0 Å². The number of hydrogen-bond donors (Lipinski definition) is 0. The van der Waals surface area contributed by atoms with Crippen LogP contribution in [0.2, 0.25) is 0 Å². The van der Waals surface area contributed by atoms with Crippen LogP contribution in [0.15, 0.2) is 30.6 Å². The molecule has 94 valence electrons. The van der Waals surface area contributed by atoms with Crippen LogP contribution in [0.5, 0.6) is 5.75 Å². The number of carbonyl (C=O) groups excluding carboxylic acids is 1. The fraction of sp³-hybridized carbons (Fsp3) is 0.286. The number of carboxylic acid groups (broad SMARTS) is 1. The predicted molar refractivity (Wildman–Crippen MR) is 66.2 cm³/mol. The van der Waals surface area contributed by atoms with E-state index >= 15 is 0 Å². The van der Waals surface area contributed by atoms with Crippen LogP contribution in [0.1, 0.15) is 18.4 Å². The van der Waals surface area contributed by atoms with Gasteiger partial charge in [-0.05, 0) is 48.4 Å². The van der Waals surface area contributed by atoms with Gasteiger partial charge in [-0.2, -0.15) is 0 Å². The summed E-state index contributed by atoms with van der Waals surface area (Å²) in [6.07, 6.45) is 4.86. The normalized spacial score (nSPS) is 10.5. The molecule has 1 heterocycles. The average molecular weight is 244 g/mol. The van der Waals surface area contributed by atoms with Gasteiger partial charge < -0.3 is 14.6 Å². The maximum absolute atomic E-state index is 10.4. The molecule has 2 rings (SSSR count). The summed E-state index contributed by atoms with van der Waals surface area (Å²) >= 11 is 0. The lowest BCUT2D eigenvalue weighted by Crippen LogP contribution is -2.21. The molecule has 0 N–H and O–H groups in total. The number of aryl methyl sites for hydroxylation is 1. The van der Waals surface area contributed by atoms with Crippen LogP contribution in [-0.2, 0) is 11.2 Å². The molecular formula is C14H14NO3-. The molecule has 0 saturated heterocycles. The smallest absolute Gasteiger partial charge is 0.119 e. The lowest BCUT2D eigenvalue weighted by atomic mass is 10.0. The average Bonchev–Trinajstić information content (AvgIpc) is 2.38. The zero-order valence-corrected chi connectivity index (χ0v) is 10.2. The van der Waals surface area contributed by atoms with Gasteiger partial charge >= 0.3 is 0 Å². The van der Waals surface area contributed by atoms with E-state index in [0.29, 0.717) is 12.8 Å². The molecule has 4 heteroatoms. The first kappa shape index (κ1) is 12.4. The van der Waals surface area contributed by atoms with E-state index in [2.05, 4.69) is 4.98 Å². The van der Waals surface area contributed by atoms with Gasteiger partial charge in [0.1, 0.15) is 5.75 Å². The Hall–Kier alpha value is -2.10. The molecule has 2 aromatic rings. The van der Waals surface area contributed by atoms with Crippen LogP contribution in [0.4, 0.5) is 0 Å². The second-order valence-corrected chi connectivity index (χ2v) is 4.11. The van der Waals surface area contributed by atoms with E-state index in [4.69, 9.17) is 4.74 Å². The highest BCUT2D eigenvalue weighted by Crippen LogP contribution is 2.24. The summed E-state index contributed by atoms with van der Waals surface area (Å²) in [6, 6.07) is 5.78. The van der Waals surface area contributed by atoms with Crippen LogP contribution < -0.4 is 9.84 Å². The molecule has 18 heavy (non-hydrogen) atoms. The van der Waals surface area contributed by atoms with Crippen molar-refractivity contribution in [3.63, 3.8) is 0 Å². The second kappa shape index (κ2) is 5.49. The van der Waals surface area contributed by atoms with E-state index in [-0.39, 0.29) is 6.42 Å².